The smallest absolute Gasteiger partial charge is 0.100 e. The van der Waals surface area contributed by atoms with E-state index in [-0.39, 0.29) is 11.3 Å². The molecule has 0 N–H and O–H groups in total. The number of rotatable bonds is 1. The van der Waals surface area contributed by atoms with Gasteiger partial charge in [0.25, 0.3) is 0 Å². The van der Waals surface area contributed by atoms with Crippen LogP contribution in [0.1, 0.15) is 25.3 Å². The van der Waals surface area contributed by atoms with Crippen LogP contribution in [0.5, 0.6) is 0 Å². The number of halogens is 2. The quantitative estimate of drug-likeness (QED) is 0.621. The zero-order valence-corrected chi connectivity index (χ0v) is 9.23. The molecule has 0 unspecified atom stereocenters. The largest absolute Gasteiger partial charge is 0.131 e. The van der Waals surface area contributed by atoms with Gasteiger partial charge >= 0.3 is 0 Å². The van der Waals surface area contributed by atoms with Crippen LogP contribution in [0.25, 0.3) is 0 Å². The van der Waals surface area contributed by atoms with Gasteiger partial charge in [-0.25, -0.2) is 0 Å². The molecule has 0 aliphatic heterocycles. The number of hydrogen-bond donors (Lipinski definition) is 0. The normalized spacial score (nSPS) is 28.5. The fourth-order valence-electron chi connectivity index (χ4n) is 1.93. The summed E-state index contributed by atoms with van der Waals surface area (Å²) in [4.78, 5) is 0. The molecule has 1 aliphatic carbocycles. The molecule has 1 atom stereocenters. The van der Waals surface area contributed by atoms with E-state index >= 15 is 0 Å². The lowest BCUT2D eigenvalue weighted by Gasteiger charge is -2.00. The predicted octanol–water partition coefficient (Wildman–Crippen LogP) is 3.98. The Morgan fingerprint density at radius 1 is 1.08 bits per heavy atom. The van der Waals surface area contributed by atoms with Crippen molar-refractivity contribution < 1.29 is 0 Å². The molecule has 0 heterocycles. The van der Waals surface area contributed by atoms with Crippen LogP contribution in [0.2, 0.25) is 0 Å². The van der Waals surface area contributed by atoms with Gasteiger partial charge in [0.05, 0.1) is 0 Å². The van der Waals surface area contributed by atoms with Gasteiger partial charge in [0.2, 0.25) is 0 Å². The highest BCUT2D eigenvalue weighted by atomic mass is 35.5. The standard InChI is InChI=1S/C11H12Cl2/c1-10(2)9(11(10,12)13)8-6-4-3-5-7-8/h3-7,9H,1-2H3/t9-/m1/s1. The predicted molar refractivity (Wildman–Crippen MR) is 57.4 cm³/mol. The first-order chi connectivity index (χ1) is 5.98. The van der Waals surface area contributed by atoms with E-state index in [1.807, 2.05) is 18.2 Å². The first kappa shape index (κ1) is 9.36. The Bertz CT molecular complexity index is 300. The Kier molecular flexibility index (Phi) is 1.91. The molecule has 0 amide bonds. The first-order valence-electron chi connectivity index (χ1n) is 4.40. The molecule has 0 bridgehead atoms. The molecule has 2 rings (SSSR count). The van der Waals surface area contributed by atoms with Crippen molar-refractivity contribution in [2.45, 2.75) is 24.1 Å². The fraction of sp³-hybridized carbons (Fsp3) is 0.455. The fourth-order valence-corrected chi connectivity index (χ4v) is 2.84. The van der Waals surface area contributed by atoms with Crippen LogP contribution in [0, 0.1) is 5.41 Å². The van der Waals surface area contributed by atoms with Gasteiger partial charge in [-0.2, -0.15) is 0 Å². The molecule has 70 valence electrons. The summed E-state index contributed by atoms with van der Waals surface area (Å²) in [6, 6.07) is 10.2. The van der Waals surface area contributed by atoms with Crippen molar-refractivity contribution in [3.05, 3.63) is 35.9 Å². The van der Waals surface area contributed by atoms with E-state index in [0.29, 0.717) is 0 Å². The van der Waals surface area contributed by atoms with E-state index < -0.39 is 4.33 Å². The number of benzene rings is 1. The third kappa shape index (κ3) is 1.19. The molecule has 1 aliphatic rings. The molecular weight excluding hydrogens is 203 g/mol. The summed E-state index contributed by atoms with van der Waals surface area (Å²) in [7, 11) is 0. The van der Waals surface area contributed by atoms with Gasteiger partial charge in [-0.15, -0.1) is 23.2 Å². The van der Waals surface area contributed by atoms with Crippen LogP contribution >= 0.6 is 23.2 Å². The van der Waals surface area contributed by atoms with E-state index in [0.717, 1.165) is 0 Å². The molecular formula is C11H12Cl2. The maximum absolute atomic E-state index is 6.20. The molecule has 1 aromatic carbocycles. The average Bonchev–Trinajstić information content (AvgIpc) is 2.44. The second-order valence-corrected chi connectivity index (χ2v) is 5.57. The van der Waals surface area contributed by atoms with Crippen molar-refractivity contribution in [1.29, 1.82) is 0 Å². The highest BCUT2D eigenvalue weighted by Crippen LogP contribution is 2.73. The Morgan fingerprint density at radius 3 is 1.92 bits per heavy atom. The van der Waals surface area contributed by atoms with Crippen LogP contribution in [-0.4, -0.2) is 4.33 Å². The van der Waals surface area contributed by atoms with Crippen molar-refractivity contribution >= 4 is 23.2 Å². The highest BCUT2D eigenvalue weighted by molar-refractivity contribution is 6.52. The van der Waals surface area contributed by atoms with Gasteiger partial charge in [0, 0.05) is 11.3 Å². The lowest BCUT2D eigenvalue weighted by atomic mass is 10.0. The summed E-state index contributed by atoms with van der Waals surface area (Å²) in [6.07, 6.45) is 0. The van der Waals surface area contributed by atoms with Gasteiger partial charge in [-0.05, 0) is 5.56 Å². The summed E-state index contributed by atoms with van der Waals surface area (Å²) in [5, 5.41) is 0. The molecule has 0 saturated heterocycles. The Morgan fingerprint density at radius 2 is 1.54 bits per heavy atom. The Hall–Kier alpha value is -0.200. The first-order valence-corrected chi connectivity index (χ1v) is 5.16. The maximum Gasteiger partial charge on any atom is 0.131 e. The minimum Gasteiger partial charge on any atom is -0.100 e. The van der Waals surface area contributed by atoms with E-state index in [4.69, 9.17) is 23.2 Å². The third-order valence-corrected chi connectivity index (χ3v) is 4.40. The van der Waals surface area contributed by atoms with Crippen LogP contribution in [0.3, 0.4) is 0 Å². The summed E-state index contributed by atoms with van der Waals surface area (Å²) in [6.45, 7) is 4.20. The number of hydrogen-bond acceptors (Lipinski definition) is 0. The van der Waals surface area contributed by atoms with Crippen molar-refractivity contribution in [2.75, 3.05) is 0 Å². The van der Waals surface area contributed by atoms with Gasteiger partial charge < -0.3 is 0 Å². The van der Waals surface area contributed by atoms with E-state index in [9.17, 15) is 0 Å². The van der Waals surface area contributed by atoms with Gasteiger partial charge in [-0.3, -0.25) is 0 Å². The van der Waals surface area contributed by atoms with Crippen LogP contribution in [-0.2, 0) is 0 Å². The third-order valence-electron chi connectivity index (χ3n) is 2.99. The van der Waals surface area contributed by atoms with E-state index in [2.05, 4.69) is 26.0 Å². The molecule has 0 radical (unpaired) electrons. The molecule has 1 aromatic rings. The number of alkyl halides is 2. The minimum atomic E-state index is -0.589. The van der Waals surface area contributed by atoms with Gasteiger partial charge in [0.15, 0.2) is 0 Å². The Balaban J connectivity index is 2.33. The average molecular weight is 215 g/mol. The summed E-state index contributed by atoms with van der Waals surface area (Å²) in [5.41, 5.74) is 1.23. The molecule has 0 spiro atoms. The lowest BCUT2D eigenvalue weighted by molar-refractivity contribution is 0.614. The molecule has 2 heteroatoms. The summed E-state index contributed by atoms with van der Waals surface area (Å²) >= 11 is 12.4. The molecule has 0 aromatic heterocycles. The zero-order valence-electron chi connectivity index (χ0n) is 7.72. The highest BCUT2D eigenvalue weighted by Gasteiger charge is 2.70. The summed E-state index contributed by atoms with van der Waals surface area (Å²) < 4.78 is -0.589. The second-order valence-electron chi connectivity index (χ2n) is 4.19. The monoisotopic (exact) mass is 214 g/mol. The zero-order chi connectivity index (χ0) is 9.69. The second kappa shape index (κ2) is 2.65. The minimum absolute atomic E-state index is 0.00252. The Labute approximate surface area is 88.9 Å². The maximum atomic E-state index is 6.20. The summed E-state index contributed by atoms with van der Waals surface area (Å²) in [5.74, 6) is 0.268. The lowest BCUT2D eigenvalue weighted by Crippen LogP contribution is -1.96. The molecule has 13 heavy (non-hydrogen) atoms. The van der Waals surface area contributed by atoms with Gasteiger partial charge in [0.1, 0.15) is 4.33 Å². The van der Waals surface area contributed by atoms with E-state index in [1.54, 1.807) is 0 Å². The van der Waals surface area contributed by atoms with Crippen molar-refractivity contribution in [3.8, 4) is 0 Å². The molecule has 1 fully saturated rings. The van der Waals surface area contributed by atoms with Crippen molar-refractivity contribution in [2.24, 2.45) is 5.41 Å². The van der Waals surface area contributed by atoms with E-state index in [1.165, 1.54) is 5.56 Å². The SMILES string of the molecule is CC1(C)[C@@H](c2ccccc2)C1(Cl)Cl. The van der Waals surface area contributed by atoms with Crippen molar-refractivity contribution in [3.63, 3.8) is 0 Å². The van der Waals surface area contributed by atoms with Crippen LogP contribution in [0.4, 0.5) is 0 Å². The molecule has 1 saturated carbocycles. The van der Waals surface area contributed by atoms with Gasteiger partial charge in [-0.1, -0.05) is 44.2 Å². The van der Waals surface area contributed by atoms with Crippen molar-refractivity contribution in [1.82, 2.24) is 0 Å². The van der Waals surface area contributed by atoms with Crippen LogP contribution in [0.15, 0.2) is 30.3 Å². The topological polar surface area (TPSA) is 0 Å². The molecule has 0 nitrogen and oxygen atoms in total. The van der Waals surface area contributed by atoms with Crippen LogP contribution < -0.4 is 0 Å².